The van der Waals surface area contributed by atoms with Gasteiger partial charge in [0.15, 0.2) is 0 Å². The first kappa shape index (κ1) is 13.9. The summed E-state index contributed by atoms with van der Waals surface area (Å²) in [5.74, 6) is 0. The average Bonchev–Trinajstić information content (AvgIpc) is 2.40. The smallest absolute Gasteiger partial charge is 0.321 e. The van der Waals surface area contributed by atoms with Crippen LogP contribution in [0, 0.1) is 6.92 Å². The van der Waals surface area contributed by atoms with Crippen LogP contribution in [0.3, 0.4) is 0 Å². The van der Waals surface area contributed by atoms with Crippen molar-refractivity contribution in [3.63, 3.8) is 0 Å². The van der Waals surface area contributed by atoms with E-state index in [1.54, 1.807) is 0 Å². The molecule has 0 aliphatic carbocycles. The van der Waals surface area contributed by atoms with E-state index in [1.807, 2.05) is 36.1 Å². The molecule has 1 fully saturated rings. The summed E-state index contributed by atoms with van der Waals surface area (Å²) >= 11 is 0. The molecule has 0 radical (unpaired) electrons. The number of aryl methyl sites for hydroxylation is 1. The monoisotopic (exact) mass is 261 g/mol. The van der Waals surface area contributed by atoms with Crippen molar-refractivity contribution in [2.24, 2.45) is 0 Å². The Hall–Kier alpha value is -1.55. The van der Waals surface area contributed by atoms with Crippen LogP contribution < -0.4 is 5.32 Å². The van der Waals surface area contributed by atoms with Crippen LogP contribution in [0.5, 0.6) is 0 Å². The van der Waals surface area contributed by atoms with Crippen LogP contribution in [-0.4, -0.2) is 48.6 Å². The van der Waals surface area contributed by atoms with Gasteiger partial charge < -0.3 is 10.2 Å². The van der Waals surface area contributed by atoms with E-state index < -0.39 is 0 Å². The molecule has 1 aliphatic rings. The topological polar surface area (TPSA) is 35.6 Å². The zero-order valence-corrected chi connectivity index (χ0v) is 11.9. The van der Waals surface area contributed by atoms with Crippen LogP contribution in [0.4, 0.5) is 10.5 Å². The number of hydrogen-bond donors (Lipinski definition) is 1. The Kier molecular flexibility index (Phi) is 4.80. The summed E-state index contributed by atoms with van der Waals surface area (Å²) in [6.45, 7) is 8.95. The molecule has 0 aromatic heterocycles. The first-order valence-electron chi connectivity index (χ1n) is 7.04. The molecule has 1 aliphatic heterocycles. The molecule has 2 amide bonds. The van der Waals surface area contributed by atoms with Crippen molar-refractivity contribution in [2.75, 3.05) is 38.0 Å². The average molecular weight is 261 g/mol. The Labute approximate surface area is 115 Å². The molecule has 2 rings (SSSR count). The third-order valence-corrected chi connectivity index (χ3v) is 3.47. The van der Waals surface area contributed by atoms with Gasteiger partial charge in [-0.05, 0) is 37.6 Å². The summed E-state index contributed by atoms with van der Waals surface area (Å²) in [5, 5.41) is 2.97. The number of anilines is 1. The Morgan fingerprint density at radius 3 is 2.63 bits per heavy atom. The minimum absolute atomic E-state index is 0.0155. The summed E-state index contributed by atoms with van der Waals surface area (Å²) in [6, 6.07) is 7.93. The van der Waals surface area contributed by atoms with E-state index in [2.05, 4.69) is 17.1 Å². The van der Waals surface area contributed by atoms with Gasteiger partial charge in [0.2, 0.25) is 0 Å². The van der Waals surface area contributed by atoms with Crippen LogP contribution >= 0.6 is 0 Å². The van der Waals surface area contributed by atoms with E-state index in [0.29, 0.717) is 0 Å². The zero-order valence-electron chi connectivity index (χ0n) is 11.9. The normalized spacial score (nSPS) is 16.4. The number of urea groups is 1. The van der Waals surface area contributed by atoms with Gasteiger partial charge in [-0.25, -0.2) is 4.79 Å². The second kappa shape index (κ2) is 6.57. The molecule has 1 saturated heterocycles. The molecule has 1 aromatic carbocycles. The SMILES string of the molecule is CCCN1CCN(C(=O)Nc2cccc(C)c2)CC1. The lowest BCUT2D eigenvalue weighted by molar-refractivity contribution is 0.147. The largest absolute Gasteiger partial charge is 0.322 e. The highest BCUT2D eigenvalue weighted by atomic mass is 16.2. The Bertz CT molecular complexity index is 425. The molecule has 0 unspecified atom stereocenters. The summed E-state index contributed by atoms with van der Waals surface area (Å²) in [5.41, 5.74) is 2.03. The highest BCUT2D eigenvalue weighted by Gasteiger charge is 2.20. The van der Waals surface area contributed by atoms with Crippen LogP contribution in [-0.2, 0) is 0 Å². The highest BCUT2D eigenvalue weighted by Crippen LogP contribution is 2.11. The molecule has 4 nitrogen and oxygen atoms in total. The van der Waals surface area contributed by atoms with Gasteiger partial charge in [-0.1, -0.05) is 19.1 Å². The predicted molar refractivity (Wildman–Crippen MR) is 78.5 cm³/mol. The van der Waals surface area contributed by atoms with E-state index >= 15 is 0 Å². The Morgan fingerprint density at radius 1 is 1.26 bits per heavy atom. The number of piperazine rings is 1. The molecule has 1 heterocycles. The van der Waals surface area contributed by atoms with Crippen molar-refractivity contribution >= 4 is 11.7 Å². The zero-order chi connectivity index (χ0) is 13.7. The lowest BCUT2D eigenvalue weighted by Gasteiger charge is -2.34. The fourth-order valence-corrected chi connectivity index (χ4v) is 2.42. The summed E-state index contributed by atoms with van der Waals surface area (Å²) in [4.78, 5) is 16.5. The van der Waals surface area contributed by atoms with Crippen molar-refractivity contribution in [3.05, 3.63) is 29.8 Å². The Morgan fingerprint density at radius 2 is 2.00 bits per heavy atom. The van der Waals surface area contributed by atoms with Gasteiger partial charge in [-0.15, -0.1) is 0 Å². The number of rotatable bonds is 3. The molecule has 0 bridgehead atoms. The first-order valence-corrected chi connectivity index (χ1v) is 7.04. The third-order valence-electron chi connectivity index (χ3n) is 3.47. The van der Waals surface area contributed by atoms with E-state index in [0.717, 1.165) is 44.0 Å². The first-order chi connectivity index (χ1) is 9.19. The molecular formula is C15H23N3O. The minimum Gasteiger partial charge on any atom is -0.322 e. The fourth-order valence-electron chi connectivity index (χ4n) is 2.42. The van der Waals surface area contributed by atoms with E-state index in [1.165, 1.54) is 6.42 Å². The molecule has 19 heavy (non-hydrogen) atoms. The van der Waals surface area contributed by atoms with Crippen molar-refractivity contribution in [1.29, 1.82) is 0 Å². The lowest BCUT2D eigenvalue weighted by atomic mass is 10.2. The minimum atomic E-state index is 0.0155. The van der Waals surface area contributed by atoms with Gasteiger partial charge in [0, 0.05) is 31.9 Å². The van der Waals surface area contributed by atoms with Crippen molar-refractivity contribution in [3.8, 4) is 0 Å². The van der Waals surface area contributed by atoms with Crippen molar-refractivity contribution in [1.82, 2.24) is 9.80 Å². The molecular weight excluding hydrogens is 238 g/mol. The fraction of sp³-hybridized carbons (Fsp3) is 0.533. The number of hydrogen-bond acceptors (Lipinski definition) is 2. The molecule has 0 saturated carbocycles. The third kappa shape index (κ3) is 3.96. The van der Waals surface area contributed by atoms with Crippen molar-refractivity contribution in [2.45, 2.75) is 20.3 Å². The van der Waals surface area contributed by atoms with Crippen LogP contribution in [0.25, 0.3) is 0 Å². The molecule has 0 spiro atoms. The number of nitrogens with zero attached hydrogens (tertiary/aromatic N) is 2. The molecule has 104 valence electrons. The van der Waals surface area contributed by atoms with Crippen molar-refractivity contribution < 1.29 is 4.79 Å². The van der Waals surface area contributed by atoms with Gasteiger partial charge in [0.1, 0.15) is 0 Å². The van der Waals surface area contributed by atoms with Crippen LogP contribution in [0.1, 0.15) is 18.9 Å². The van der Waals surface area contributed by atoms with Gasteiger partial charge in [-0.2, -0.15) is 0 Å². The quantitative estimate of drug-likeness (QED) is 0.907. The van der Waals surface area contributed by atoms with Gasteiger partial charge in [-0.3, -0.25) is 4.90 Å². The maximum Gasteiger partial charge on any atom is 0.321 e. The number of benzene rings is 1. The molecule has 0 atom stereocenters. The second-order valence-corrected chi connectivity index (χ2v) is 5.13. The van der Waals surface area contributed by atoms with E-state index in [4.69, 9.17) is 0 Å². The maximum absolute atomic E-state index is 12.1. The van der Waals surface area contributed by atoms with E-state index in [9.17, 15) is 4.79 Å². The standard InChI is InChI=1S/C15H23N3O/c1-3-7-17-8-10-18(11-9-17)15(19)16-14-6-4-5-13(2)12-14/h4-6,12H,3,7-11H2,1-2H3,(H,16,19). The summed E-state index contributed by atoms with van der Waals surface area (Å²) in [7, 11) is 0. The number of nitrogens with one attached hydrogen (secondary N) is 1. The summed E-state index contributed by atoms with van der Waals surface area (Å²) in [6.07, 6.45) is 1.18. The van der Waals surface area contributed by atoms with Gasteiger partial charge in [0.05, 0.1) is 0 Å². The van der Waals surface area contributed by atoms with Crippen LogP contribution in [0.2, 0.25) is 0 Å². The molecule has 1 aromatic rings. The number of carbonyl (C=O) groups excluding carboxylic acids is 1. The van der Waals surface area contributed by atoms with Gasteiger partial charge >= 0.3 is 6.03 Å². The van der Waals surface area contributed by atoms with Gasteiger partial charge in [0.25, 0.3) is 0 Å². The Balaban J connectivity index is 1.84. The number of carbonyl (C=O) groups is 1. The van der Waals surface area contributed by atoms with Crippen LogP contribution in [0.15, 0.2) is 24.3 Å². The molecule has 4 heteroatoms. The summed E-state index contributed by atoms with van der Waals surface area (Å²) < 4.78 is 0. The number of amides is 2. The second-order valence-electron chi connectivity index (χ2n) is 5.13. The highest BCUT2D eigenvalue weighted by molar-refractivity contribution is 5.89. The lowest BCUT2D eigenvalue weighted by Crippen LogP contribution is -2.50. The molecule has 1 N–H and O–H groups in total. The predicted octanol–water partition coefficient (Wildman–Crippen LogP) is 2.55. The van der Waals surface area contributed by atoms with E-state index in [-0.39, 0.29) is 6.03 Å². The maximum atomic E-state index is 12.1.